The topological polar surface area (TPSA) is 19.6 Å². The standard InChI is InChI=1S/C63H68N2O/c1-41-35-46(64(44-26-28-51-53(39-44)62(9,10)33-31-60(51,5)6)45-27-29-52-54(40-45)63(11,12)34-32-61(52,7)8)38-47(36-41)65(56-23-18-22-49-48-21-16-17-24-57(48)66-58(49)56)55-30-25-43(59(2,3)4)37-50(55)42-19-14-13-15-20-42/h13-30,35-40H,31-34H2,1-12H3. The van der Waals surface area contributed by atoms with Crippen molar-refractivity contribution in [1.82, 2.24) is 0 Å². The van der Waals surface area contributed by atoms with Crippen LogP contribution in [0.2, 0.25) is 0 Å². The van der Waals surface area contributed by atoms with E-state index >= 15 is 0 Å². The lowest BCUT2D eigenvalue weighted by molar-refractivity contribution is 0.332. The number of benzene rings is 7. The molecule has 1 aromatic heterocycles. The fourth-order valence-electron chi connectivity index (χ4n) is 11.2. The quantitative estimate of drug-likeness (QED) is 0.159. The Morgan fingerprint density at radius 2 is 0.970 bits per heavy atom. The molecule has 0 fully saturated rings. The van der Waals surface area contributed by atoms with Gasteiger partial charge in [0.1, 0.15) is 5.58 Å². The van der Waals surface area contributed by atoms with E-state index in [2.05, 4.69) is 238 Å². The van der Waals surface area contributed by atoms with Crippen LogP contribution in [-0.2, 0) is 27.1 Å². The van der Waals surface area contributed by atoms with Gasteiger partial charge in [0.2, 0.25) is 0 Å². The van der Waals surface area contributed by atoms with Crippen molar-refractivity contribution < 1.29 is 4.42 Å². The maximum Gasteiger partial charge on any atom is 0.159 e. The summed E-state index contributed by atoms with van der Waals surface area (Å²) in [5, 5.41) is 2.23. The molecule has 2 aliphatic rings. The van der Waals surface area contributed by atoms with Crippen LogP contribution in [0, 0.1) is 6.92 Å². The first-order chi connectivity index (χ1) is 31.2. The lowest BCUT2D eigenvalue weighted by Gasteiger charge is -2.43. The maximum atomic E-state index is 6.90. The number of para-hydroxylation sites is 2. The predicted molar refractivity (Wildman–Crippen MR) is 283 cm³/mol. The molecule has 7 aromatic carbocycles. The number of hydrogen-bond acceptors (Lipinski definition) is 3. The summed E-state index contributed by atoms with van der Waals surface area (Å²) in [6, 6.07) is 54.9. The van der Waals surface area contributed by atoms with Crippen molar-refractivity contribution in [2.45, 2.75) is 136 Å². The number of fused-ring (bicyclic) bond motifs is 5. The second kappa shape index (κ2) is 15.5. The zero-order valence-corrected chi connectivity index (χ0v) is 41.5. The summed E-state index contributed by atoms with van der Waals surface area (Å²) in [6.07, 6.45) is 4.69. The summed E-state index contributed by atoms with van der Waals surface area (Å²) in [4.78, 5) is 5.01. The van der Waals surface area contributed by atoms with Crippen molar-refractivity contribution in [2.75, 3.05) is 9.80 Å². The molecule has 0 radical (unpaired) electrons. The van der Waals surface area contributed by atoms with E-state index < -0.39 is 0 Å². The van der Waals surface area contributed by atoms with E-state index in [4.69, 9.17) is 4.42 Å². The molecule has 0 spiro atoms. The molecule has 0 amide bonds. The average molecular weight is 869 g/mol. The highest BCUT2D eigenvalue weighted by Gasteiger charge is 2.39. The highest BCUT2D eigenvalue weighted by Crippen LogP contribution is 2.53. The van der Waals surface area contributed by atoms with Crippen LogP contribution in [0.1, 0.15) is 135 Å². The van der Waals surface area contributed by atoms with E-state index in [0.29, 0.717) is 0 Å². The van der Waals surface area contributed by atoms with Gasteiger partial charge in [-0.3, -0.25) is 0 Å². The Balaban J connectivity index is 1.26. The molecule has 0 aliphatic heterocycles. The Morgan fingerprint density at radius 3 is 1.56 bits per heavy atom. The van der Waals surface area contributed by atoms with E-state index in [0.717, 1.165) is 57.5 Å². The van der Waals surface area contributed by atoms with Crippen LogP contribution in [0.4, 0.5) is 34.1 Å². The van der Waals surface area contributed by atoms with E-state index in [-0.39, 0.29) is 27.1 Å². The number of aryl methyl sites for hydroxylation is 1. The Hall–Kier alpha value is -6.06. The predicted octanol–water partition coefficient (Wildman–Crippen LogP) is 18.5. The number of anilines is 6. The second-order valence-electron chi connectivity index (χ2n) is 23.3. The second-order valence-corrected chi connectivity index (χ2v) is 23.3. The van der Waals surface area contributed by atoms with Gasteiger partial charge in [-0.05, 0) is 165 Å². The van der Waals surface area contributed by atoms with Crippen LogP contribution in [0.15, 0.2) is 150 Å². The first-order valence-corrected chi connectivity index (χ1v) is 24.3. The molecule has 3 nitrogen and oxygen atoms in total. The summed E-state index contributed by atoms with van der Waals surface area (Å²) >= 11 is 0. The van der Waals surface area contributed by atoms with Crippen molar-refractivity contribution in [3.8, 4) is 11.1 Å². The maximum absolute atomic E-state index is 6.90. The molecule has 2 aliphatic carbocycles. The van der Waals surface area contributed by atoms with E-state index in [9.17, 15) is 0 Å². The first kappa shape index (κ1) is 43.8. The monoisotopic (exact) mass is 869 g/mol. The molecular formula is C63H68N2O. The van der Waals surface area contributed by atoms with E-state index in [1.54, 1.807) is 0 Å². The zero-order chi connectivity index (χ0) is 46.6. The molecule has 0 unspecified atom stereocenters. The van der Waals surface area contributed by atoms with Gasteiger partial charge >= 0.3 is 0 Å². The Labute approximate surface area is 394 Å². The third-order valence-corrected chi connectivity index (χ3v) is 15.6. The molecule has 0 N–H and O–H groups in total. The highest BCUT2D eigenvalue weighted by molar-refractivity contribution is 6.11. The summed E-state index contributed by atoms with van der Waals surface area (Å²) in [7, 11) is 0. The molecule has 336 valence electrons. The third-order valence-electron chi connectivity index (χ3n) is 15.6. The van der Waals surface area contributed by atoms with Crippen molar-refractivity contribution in [3.05, 3.63) is 179 Å². The van der Waals surface area contributed by atoms with Gasteiger partial charge < -0.3 is 14.2 Å². The molecule has 8 aromatic rings. The molecule has 3 heteroatoms. The lowest BCUT2D eigenvalue weighted by atomic mass is 9.63. The van der Waals surface area contributed by atoms with Crippen molar-refractivity contribution in [2.24, 2.45) is 0 Å². The van der Waals surface area contributed by atoms with Crippen molar-refractivity contribution >= 4 is 56.1 Å². The molecule has 10 rings (SSSR count). The van der Waals surface area contributed by atoms with Gasteiger partial charge in [-0.1, -0.05) is 155 Å². The highest BCUT2D eigenvalue weighted by atomic mass is 16.3. The minimum atomic E-state index is -0.0417. The van der Waals surface area contributed by atoms with Crippen molar-refractivity contribution in [3.63, 3.8) is 0 Å². The van der Waals surface area contributed by atoms with Gasteiger partial charge in [0, 0.05) is 39.1 Å². The Kier molecular flexibility index (Phi) is 10.3. The van der Waals surface area contributed by atoms with Crippen LogP contribution >= 0.6 is 0 Å². The summed E-state index contributed by atoms with van der Waals surface area (Å²) < 4.78 is 6.90. The van der Waals surface area contributed by atoms with Crippen LogP contribution in [0.5, 0.6) is 0 Å². The molecule has 66 heavy (non-hydrogen) atoms. The van der Waals surface area contributed by atoms with Crippen LogP contribution in [-0.4, -0.2) is 0 Å². The van der Waals surface area contributed by atoms with Gasteiger partial charge in [-0.2, -0.15) is 0 Å². The fraction of sp³-hybridized carbons (Fsp3) is 0.333. The number of hydrogen-bond donors (Lipinski definition) is 0. The van der Waals surface area contributed by atoms with E-state index in [1.807, 2.05) is 0 Å². The minimum Gasteiger partial charge on any atom is -0.454 e. The third kappa shape index (κ3) is 7.53. The molecule has 0 bridgehead atoms. The summed E-state index contributed by atoms with van der Waals surface area (Å²) in [6.45, 7) is 28.6. The minimum absolute atomic E-state index is 0.0417. The molecular weight excluding hydrogens is 801 g/mol. The van der Waals surface area contributed by atoms with Gasteiger partial charge in [-0.15, -0.1) is 0 Å². The van der Waals surface area contributed by atoms with Crippen LogP contribution in [0.25, 0.3) is 33.1 Å². The molecule has 0 saturated heterocycles. The smallest absolute Gasteiger partial charge is 0.159 e. The van der Waals surface area contributed by atoms with Crippen LogP contribution in [0.3, 0.4) is 0 Å². The number of nitrogens with zero attached hydrogens (tertiary/aromatic N) is 2. The lowest BCUT2D eigenvalue weighted by Crippen LogP contribution is -2.34. The van der Waals surface area contributed by atoms with Gasteiger partial charge in [0.25, 0.3) is 0 Å². The average Bonchev–Trinajstić information content (AvgIpc) is 3.67. The number of furan rings is 1. The van der Waals surface area contributed by atoms with E-state index in [1.165, 1.54) is 68.7 Å². The summed E-state index contributed by atoms with van der Waals surface area (Å²) in [5.41, 5.74) is 19.4. The molecule has 0 atom stereocenters. The Bertz CT molecular complexity index is 3070. The SMILES string of the molecule is Cc1cc(N(c2ccc3c(c2)C(C)(C)CCC3(C)C)c2ccc3c(c2)C(C)(C)CCC3(C)C)cc(N(c2ccc(C(C)(C)C)cc2-c2ccccc2)c2cccc3c2oc2ccccc23)c1. The molecule has 1 heterocycles. The molecule has 0 saturated carbocycles. The van der Waals surface area contributed by atoms with Gasteiger partial charge in [-0.25, -0.2) is 0 Å². The van der Waals surface area contributed by atoms with Gasteiger partial charge in [0.15, 0.2) is 5.58 Å². The van der Waals surface area contributed by atoms with Gasteiger partial charge in [0.05, 0.1) is 11.4 Å². The summed E-state index contributed by atoms with van der Waals surface area (Å²) in [5.74, 6) is 0. The zero-order valence-electron chi connectivity index (χ0n) is 41.5. The largest absolute Gasteiger partial charge is 0.454 e. The van der Waals surface area contributed by atoms with Crippen LogP contribution < -0.4 is 9.80 Å². The van der Waals surface area contributed by atoms with Crippen molar-refractivity contribution in [1.29, 1.82) is 0 Å². The normalized spacial score (nSPS) is 17.0. The Morgan fingerprint density at radius 1 is 0.439 bits per heavy atom. The first-order valence-electron chi connectivity index (χ1n) is 24.3. The fourth-order valence-corrected chi connectivity index (χ4v) is 11.2. The number of rotatable bonds is 7.